The van der Waals surface area contributed by atoms with Gasteiger partial charge in [0.2, 0.25) is 0 Å². The highest BCUT2D eigenvalue weighted by Crippen LogP contribution is 2.34. The smallest absolute Gasteiger partial charge is 0.0496 e. The SMILES string of the molecule is CCC1CCC(N(C)C(c2cccc(Cl)c2)C(C)N)CC1. The summed E-state index contributed by atoms with van der Waals surface area (Å²) >= 11 is 6.16. The molecule has 2 rings (SSSR count). The Morgan fingerprint density at radius 3 is 2.48 bits per heavy atom. The first-order valence-corrected chi connectivity index (χ1v) is 8.63. The second kappa shape index (κ2) is 7.62. The van der Waals surface area contributed by atoms with Crippen LogP contribution in [-0.4, -0.2) is 24.0 Å². The average Bonchev–Trinajstić information content (AvgIpc) is 2.47. The number of hydrogen-bond donors (Lipinski definition) is 1. The minimum Gasteiger partial charge on any atom is -0.326 e. The van der Waals surface area contributed by atoms with E-state index in [1.54, 1.807) is 0 Å². The van der Waals surface area contributed by atoms with Crippen LogP contribution in [0.25, 0.3) is 0 Å². The first kappa shape index (κ1) is 16.8. The maximum Gasteiger partial charge on any atom is 0.0496 e. The fourth-order valence-electron chi connectivity index (χ4n) is 3.79. The minimum atomic E-state index is 0.0948. The molecular formula is C18H29ClN2. The molecule has 2 unspecified atom stereocenters. The van der Waals surface area contributed by atoms with Crippen LogP contribution in [-0.2, 0) is 0 Å². The van der Waals surface area contributed by atoms with E-state index in [0.717, 1.165) is 10.9 Å². The van der Waals surface area contributed by atoms with Crippen molar-refractivity contribution in [2.75, 3.05) is 7.05 Å². The number of hydrogen-bond acceptors (Lipinski definition) is 2. The number of likely N-dealkylation sites (N-methyl/N-ethyl adjacent to an activating group) is 1. The third-order valence-corrected chi connectivity index (χ3v) is 5.33. The predicted molar refractivity (Wildman–Crippen MR) is 91.6 cm³/mol. The van der Waals surface area contributed by atoms with Gasteiger partial charge in [-0.3, -0.25) is 4.90 Å². The molecule has 118 valence electrons. The van der Waals surface area contributed by atoms with Crippen molar-refractivity contribution < 1.29 is 0 Å². The monoisotopic (exact) mass is 308 g/mol. The van der Waals surface area contributed by atoms with Gasteiger partial charge in [0.05, 0.1) is 0 Å². The lowest BCUT2D eigenvalue weighted by molar-refractivity contribution is 0.107. The number of halogens is 1. The lowest BCUT2D eigenvalue weighted by Gasteiger charge is -2.41. The van der Waals surface area contributed by atoms with E-state index in [9.17, 15) is 0 Å². The molecule has 1 fully saturated rings. The van der Waals surface area contributed by atoms with Gasteiger partial charge < -0.3 is 5.73 Å². The van der Waals surface area contributed by atoms with Gasteiger partial charge in [0.15, 0.2) is 0 Å². The molecule has 21 heavy (non-hydrogen) atoms. The molecule has 0 heterocycles. The van der Waals surface area contributed by atoms with E-state index in [4.69, 9.17) is 17.3 Å². The Labute approximate surface area is 134 Å². The van der Waals surface area contributed by atoms with Crippen LogP contribution in [0.1, 0.15) is 57.6 Å². The van der Waals surface area contributed by atoms with E-state index in [2.05, 4.69) is 37.9 Å². The van der Waals surface area contributed by atoms with Crippen molar-refractivity contribution in [2.45, 2.75) is 64.1 Å². The summed E-state index contributed by atoms with van der Waals surface area (Å²) in [5.41, 5.74) is 7.53. The summed E-state index contributed by atoms with van der Waals surface area (Å²) in [5, 5.41) is 0.793. The summed E-state index contributed by atoms with van der Waals surface area (Å²) in [5.74, 6) is 0.926. The molecular weight excluding hydrogens is 280 g/mol. The van der Waals surface area contributed by atoms with Gasteiger partial charge in [0, 0.05) is 23.1 Å². The van der Waals surface area contributed by atoms with Crippen molar-refractivity contribution in [3.63, 3.8) is 0 Å². The highest BCUT2D eigenvalue weighted by atomic mass is 35.5. The first-order valence-electron chi connectivity index (χ1n) is 8.26. The van der Waals surface area contributed by atoms with E-state index in [-0.39, 0.29) is 12.1 Å². The Hall–Kier alpha value is -0.570. The van der Waals surface area contributed by atoms with E-state index in [0.29, 0.717) is 6.04 Å². The van der Waals surface area contributed by atoms with Crippen LogP contribution in [0.3, 0.4) is 0 Å². The van der Waals surface area contributed by atoms with Crippen molar-refractivity contribution in [3.05, 3.63) is 34.9 Å². The second-order valence-corrected chi connectivity index (χ2v) is 7.04. The lowest BCUT2D eigenvalue weighted by atomic mass is 9.83. The van der Waals surface area contributed by atoms with Crippen LogP contribution < -0.4 is 5.73 Å². The van der Waals surface area contributed by atoms with Crippen molar-refractivity contribution in [3.8, 4) is 0 Å². The molecule has 2 atom stereocenters. The number of rotatable bonds is 5. The fourth-order valence-corrected chi connectivity index (χ4v) is 3.99. The third kappa shape index (κ3) is 4.21. The highest BCUT2D eigenvalue weighted by Gasteiger charge is 2.30. The summed E-state index contributed by atoms with van der Waals surface area (Å²) in [6.07, 6.45) is 6.61. The Balaban J connectivity index is 2.11. The standard InChI is InChI=1S/C18H29ClN2/c1-4-14-8-10-17(11-9-14)21(3)18(13(2)20)15-6-5-7-16(19)12-15/h5-7,12-14,17-18H,4,8-11,20H2,1-3H3. The molecule has 0 radical (unpaired) electrons. The zero-order valence-electron chi connectivity index (χ0n) is 13.6. The molecule has 2 nitrogen and oxygen atoms in total. The van der Waals surface area contributed by atoms with Crippen molar-refractivity contribution in [2.24, 2.45) is 11.7 Å². The van der Waals surface area contributed by atoms with Gasteiger partial charge in [-0.15, -0.1) is 0 Å². The molecule has 1 aliphatic carbocycles. The lowest BCUT2D eigenvalue weighted by Crippen LogP contribution is -2.44. The molecule has 0 amide bonds. The van der Waals surface area contributed by atoms with Crippen molar-refractivity contribution >= 4 is 11.6 Å². The van der Waals surface area contributed by atoms with Gasteiger partial charge in [0.1, 0.15) is 0 Å². The van der Waals surface area contributed by atoms with E-state index >= 15 is 0 Å². The minimum absolute atomic E-state index is 0.0948. The number of nitrogens with zero attached hydrogens (tertiary/aromatic N) is 1. The molecule has 1 aliphatic rings. The Morgan fingerprint density at radius 1 is 1.29 bits per heavy atom. The predicted octanol–water partition coefficient (Wildman–Crippen LogP) is 4.63. The summed E-state index contributed by atoms with van der Waals surface area (Å²) < 4.78 is 0. The zero-order valence-corrected chi connectivity index (χ0v) is 14.3. The van der Waals surface area contributed by atoms with Crippen LogP contribution in [0, 0.1) is 5.92 Å². The summed E-state index contributed by atoms with van der Waals surface area (Å²) in [6, 6.07) is 9.13. The largest absolute Gasteiger partial charge is 0.326 e. The van der Waals surface area contributed by atoms with E-state index in [1.165, 1.54) is 37.7 Å². The summed E-state index contributed by atoms with van der Waals surface area (Å²) in [7, 11) is 2.23. The van der Waals surface area contributed by atoms with Gasteiger partial charge in [-0.2, -0.15) is 0 Å². The van der Waals surface area contributed by atoms with Gasteiger partial charge in [-0.05, 0) is 63.3 Å². The number of nitrogens with two attached hydrogens (primary N) is 1. The van der Waals surface area contributed by atoms with Gasteiger partial charge in [-0.25, -0.2) is 0 Å². The quantitative estimate of drug-likeness (QED) is 0.859. The molecule has 0 aromatic heterocycles. The van der Waals surface area contributed by atoms with E-state index < -0.39 is 0 Å². The third-order valence-electron chi connectivity index (χ3n) is 5.10. The molecule has 0 spiro atoms. The molecule has 3 heteroatoms. The average molecular weight is 309 g/mol. The van der Waals surface area contributed by atoms with Crippen LogP contribution >= 0.6 is 11.6 Å². The molecule has 2 N–H and O–H groups in total. The van der Waals surface area contributed by atoms with Crippen molar-refractivity contribution in [1.29, 1.82) is 0 Å². The Morgan fingerprint density at radius 2 is 1.95 bits per heavy atom. The van der Waals surface area contributed by atoms with Crippen LogP contribution in [0.15, 0.2) is 24.3 Å². The molecule has 0 aliphatic heterocycles. The second-order valence-electron chi connectivity index (χ2n) is 6.61. The van der Waals surface area contributed by atoms with Crippen LogP contribution in [0.4, 0.5) is 0 Å². The van der Waals surface area contributed by atoms with Gasteiger partial charge in [-0.1, -0.05) is 37.1 Å². The highest BCUT2D eigenvalue weighted by molar-refractivity contribution is 6.30. The molecule has 1 aromatic carbocycles. The van der Waals surface area contributed by atoms with Gasteiger partial charge in [0.25, 0.3) is 0 Å². The first-order chi connectivity index (χ1) is 10.0. The maximum absolute atomic E-state index is 6.30. The topological polar surface area (TPSA) is 29.3 Å². The molecule has 1 saturated carbocycles. The maximum atomic E-state index is 6.30. The summed E-state index contributed by atoms with van der Waals surface area (Å²) in [4.78, 5) is 2.49. The van der Waals surface area contributed by atoms with Gasteiger partial charge >= 0.3 is 0 Å². The normalized spacial score (nSPS) is 25.8. The molecule has 1 aromatic rings. The summed E-state index contributed by atoms with van der Waals surface area (Å²) in [6.45, 7) is 4.41. The number of benzene rings is 1. The Kier molecular flexibility index (Phi) is 6.09. The van der Waals surface area contributed by atoms with Crippen LogP contribution in [0.5, 0.6) is 0 Å². The van der Waals surface area contributed by atoms with E-state index in [1.807, 2.05) is 12.1 Å². The Bertz CT molecular complexity index is 439. The molecule has 0 saturated heterocycles. The van der Waals surface area contributed by atoms with Crippen LogP contribution in [0.2, 0.25) is 5.02 Å². The van der Waals surface area contributed by atoms with Crippen molar-refractivity contribution in [1.82, 2.24) is 4.90 Å². The zero-order chi connectivity index (χ0) is 15.4. The molecule has 0 bridgehead atoms. The fraction of sp³-hybridized carbons (Fsp3) is 0.667.